The Kier molecular flexibility index (Phi) is 3.56. The molecule has 1 atom stereocenters. The number of carbonyl (C=O) groups excluding carboxylic acids is 2. The molecule has 1 aromatic carbocycles. The minimum atomic E-state index is -3.23. The summed E-state index contributed by atoms with van der Waals surface area (Å²) in [7, 11) is -3.23. The molecule has 0 aromatic heterocycles. The Morgan fingerprint density at radius 3 is 2.35 bits per heavy atom. The molecule has 1 N–H and O–H groups in total. The van der Waals surface area contributed by atoms with Crippen LogP contribution >= 0.6 is 0 Å². The first-order valence-electron chi connectivity index (χ1n) is 6.11. The van der Waals surface area contributed by atoms with E-state index in [9.17, 15) is 18.0 Å². The van der Waals surface area contributed by atoms with E-state index in [1.807, 2.05) is 6.07 Å². The first-order valence-corrected chi connectivity index (χ1v) is 8.17. The number of benzene rings is 1. The number of nitrogens with one attached hydrogen (secondary N) is 1. The molecule has 0 bridgehead atoms. The van der Waals surface area contributed by atoms with Crippen LogP contribution in [0.3, 0.4) is 0 Å². The molecular weight excluding hydrogens is 280 g/mol. The molecule has 108 valence electrons. The summed E-state index contributed by atoms with van der Waals surface area (Å²) in [6.45, 7) is 1.48. The van der Waals surface area contributed by atoms with Crippen molar-refractivity contribution in [2.24, 2.45) is 0 Å². The highest BCUT2D eigenvalue weighted by Crippen LogP contribution is 2.28. The van der Waals surface area contributed by atoms with Crippen LogP contribution in [0.2, 0.25) is 0 Å². The second-order valence-electron chi connectivity index (χ2n) is 5.01. The third-order valence-corrected chi connectivity index (χ3v) is 4.24. The van der Waals surface area contributed by atoms with Crippen LogP contribution in [-0.4, -0.2) is 43.8 Å². The number of urea groups is 1. The zero-order chi connectivity index (χ0) is 15.0. The number of hydrogen-bond donors (Lipinski definition) is 1. The molecule has 1 aliphatic rings. The smallest absolute Gasteiger partial charge is 0.319 e. The quantitative estimate of drug-likeness (QED) is 0.820. The predicted molar refractivity (Wildman–Crippen MR) is 73.7 cm³/mol. The van der Waals surface area contributed by atoms with Crippen LogP contribution in [-0.2, 0) is 20.2 Å². The van der Waals surface area contributed by atoms with Gasteiger partial charge in [-0.05, 0) is 12.5 Å². The lowest BCUT2D eigenvalue weighted by Gasteiger charge is -2.22. The number of carbonyl (C=O) groups is 2. The Morgan fingerprint density at radius 1 is 1.20 bits per heavy atom. The first kappa shape index (κ1) is 14.5. The molecule has 7 heteroatoms. The SMILES string of the molecule is C[C@]1(c2ccccc2)NC(=O)N(CCS(C)(=O)=O)C1=O. The lowest BCUT2D eigenvalue weighted by Crippen LogP contribution is -2.41. The van der Waals surface area contributed by atoms with E-state index in [1.165, 1.54) is 0 Å². The van der Waals surface area contributed by atoms with Crippen molar-refractivity contribution in [3.8, 4) is 0 Å². The second kappa shape index (κ2) is 4.90. The highest BCUT2D eigenvalue weighted by molar-refractivity contribution is 7.90. The van der Waals surface area contributed by atoms with Crippen molar-refractivity contribution in [2.75, 3.05) is 18.6 Å². The second-order valence-corrected chi connectivity index (χ2v) is 7.27. The van der Waals surface area contributed by atoms with Gasteiger partial charge in [0.25, 0.3) is 5.91 Å². The molecule has 1 aliphatic heterocycles. The van der Waals surface area contributed by atoms with Gasteiger partial charge < -0.3 is 5.32 Å². The Hall–Kier alpha value is -1.89. The Bertz CT molecular complexity index is 642. The molecule has 3 amide bonds. The van der Waals surface area contributed by atoms with Crippen molar-refractivity contribution >= 4 is 21.8 Å². The van der Waals surface area contributed by atoms with Crippen molar-refractivity contribution in [1.82, 2.24) is 10.2 Å². The van der Waals surface area contributed by atoms with Crippen LogP contribution in [0.4, 0.5) is 4.79 Å². The standard InChI is InChI=1S/C13H16N2O4S/c1-13(10-6-4-3-5-7-10)11(16)15(12(17)14-13)8-9-20(2,18)19/h3-7H,8-9H2,1-2H3,(H,14,17)/t13-/m1/s1. The van der Waals surface area contributed by atoms with Gasteiger partial charge >= 0.3 is 6.03 Å². The van der Waals surface area contributed by atoms with E-state index in [0.29, 0.717) is 5.56 Å². The van der Waals surface area contributed by atoms with Crippen LogP contribution in [0.25, 0.3) is 0 Å². The number of sulfone groups is 1. The average Bonchev–Trinajstić information content (AvgIpc) is 2.59. The van der Waals surface area contributed by atoms with Crippen LogP contribution in [0, 0.1) is 0 Å². The molecule has 2 rings (SSSR count). The van der Waals surface area contributed by atoms with Gasteiger partial charge in [0.2, 0.25) is 0 Å². The normalized spacial score (nSPS) is 23.0. The lowest BCUT2D eigenvalue weighted by molar-refractivity contribution is -0.130. The van der Waals surface area contributed by atoms with Crippen LogP contribution in [0.1, 0.15) is 12.5 Å². The molecule has 0 radical (unpaired) electrons. The highest BCUT2D eigenvalue weighted by Gasteiger charge is 2.48. The largest absolute Gasteiger partial charge is 0.325 e. The van der Waals surface area contributed by atoms with E-state index in [2.05, 4.69) is 5.32 Å². The van der Waals surface area contributed by atoms with Gasteiger partial charge in [0.1, 0.15) is 15.4 Å². The summed E-state index contributed by atoms with van der Waals surface area (Å²) < 4.78 is 22.3. The van der Waals surface area contributed by atoms with E-state index in [4.69, 9.17) is 0 Å². The summed E-state index contributed by atoms with van der Waals surface area (Å²) in [4.78, 5) is 25.2. The molecule has 0 spiro atoms. The van der Waals surface area contributed by atoms with Gasteiger partial charge in [-0.15, -0.1) is 0 Å². The van der Waals surface area contributed by atoms with Gasteiger partial charge in [-0.3, -0.25) is 9.69 Å². The Morgan fingerprint density at radius 2 is 1.80 bits per heavy atom. The predicted octanol–water partition coefficient (Wildman–Crippen LogP) is 0.498. The number of nitrogens with zero attached hydrogens (tertiary/aromatic N) is 1. The van der Waals surface area contributed by atoms with E-state index >= 15 is 0 Å². The van der Waals surface area contributed by atoms with Gasteiger partial charge in [0.15, 0.2) is 0 Å². The number of hydrogen-bond acceptors (Lipinski definition) is 4. The zero-order valence-electron chi connectivity index (χ0n) is 11.3. The number of amides is 3. The third kappa shape index (κ3) is 2.67. The fraction of sp³-hybridized carbons (Fsp3) is 0.385. The number of imide groups is 1. The van der Waals surface area contributed by atoms with E-state index in [-0.39, 0.29) is 12.3 Å². The average molecular weight is 296 g/mol. The molecule has 0 aliphatic carbocycles. The molecule has 20 heavy (non-hydrogen) atoms. The van der Waals surface area contributed by atoms with Crippen molar-refractivity contribution in [3.63, 3.8) is 0 Å². The minimum absolute atomic E-state index is 0.133. The highest BCUT2D eigenvalue weighted by atomic mass is 32.2. The van der Waals surface area contributed by atoms with Gasteiger partial charge in [-0.25, -0.2) is 13.2 Å². The van der Waals surface area contributed by atoms with Gasteiger partial charge in [-0.2, -0.15) is 0 Å². The van der Waals surface area contributed by atoms with Crippen molar-refractivity contribution in [1.29, 1.82) is 0 Å². The Balaban J connectivity index is 2.25. The van der Waals surface area contributed by atoms with E-state index in [1.54, 1.807) is 31.2 Å². The van der Waals surface area contributed by atoms with Gasteiger partial charge in [-0.1, -0.05) is 30.3 Å². The summed E-state index contributed by atoms with van der Waals surface area (Å²) in [5.41, 5.74) is -0.476. The molecule has 0 saturated carbocycles. The Labute approximate surface area is 117 Å². The van der Waals surface area contributed by atoms with Gasteiger partial charge in [0, 0.05) is 12.8 Å². The summed E-state index contributed by atoms with van der Waals surface area (Å²) in [6.07, 6.45) is 1.07. The molecule has 1 heterocycles. The van der Waals surface area contributed by atoms with Crippen molar-refractivity contribution in [3.05, 3.63) is 35.9 Å². The summed E-state index contributed by atoms with van der Waals surface area (Å²) >= 11 is 0. The summed E-state index contributed by atoms with van der Waals surface area (Å²) in [5, 5.41) is 2.63. The maximum absolute atomic E-state index is 12.4. The van der Waals surface area contributed by atoms with Crippen LogP contribution in [0.5, 0.6) is 0 Å². The maximum Gasteiger partial charge on any atom is 0.325 e. The zero-order valence-corrected chi connectivity index (χ0v) is 12.1. The molecule has 6 nitrogen and oxygen atoms in total. The topological polar surface area (TPSA) is 83.6 Å². The monoisotopic (exact) mass is 296 g/mol. The molecule has 0 unspecified atom stereocenters. The van der Waals surface area contributed by atoms with Crippen molar-refractivity contribution in [2.45, 2.75) is 12.5 Å². The molecule has 1 saturated heterocycles. The first-order chi connectivity index (χ1) is 9.24. The third-order valence-electron chi connectivity index (χ3n) is 3.31. The fourth-order valence-electron chi connectivity index (χ4n) is 2.12. The van der Waals surface area contributed by atoms with Gasteiger partial charge in [0.05, 0.1) is 5.75 Å². The molecule has 1 fully saturated rings. The summed E-state index contributed by atoms with van der Waals surface area (Å²) in [5.74, 6) is -0.672. The lowest BCUT2D eigenvalue weighted by atomic mass is 9.92. The summed E-state index contributed by atoms with van der Waals surface area (Å²) in [6, 6.07) is 8.30. The fourth-order valence-corrected chi connectivity index (χ4v) is 2.64. The van der Waals surface area contributed by atoms with E-state index < -0.39 is 27.3 Å². The maximum atomic E-state index is 12.4. The van der Waals surface area contributed by atoms with Crippen LogP contribution in [0.15, 0.2) is 30.3 Å². The molecule has 1 aromatic rings. The molecular formula is C13H16N2O4S. The van der Waals surface area contributed by atoms with Crippen molar-refractivity contribution < 1.29 is 18.0 Å². The number of rotatable bonds is 4. The van der Waals surface area contributed by atoms with Crippen LogP contribution < -0.4 is 5.32 Å². The van der Waals surface area contributed by atoms with E-state index in [0.717, 1.165) is 11.2 Å². The minimum Gasteiger partial charge on any atom is -0.319 e.